The zero-order valence-electron chi connectivity index (χ0n) is 15.8. The summed E-state index contributed by atoms with van der Waals surface area (Å²) in [5, 5.41) is 21.9. The Morgan fingerprint density at radius 1 is 1.20 bits per heavy atom. The first kappa shape index (κ1) is 20.5. The van der Waals surface area contributed by atoms with Gasteiger partial charge < -0.3 is 0 Å². The number of carbonyl (C=O) groups excluding carboxylic acids is 1. The van der Waals surface area contributed by atoms with Crippen molar-refractivity contribution in [1.29, 1.82) is 0 Å². The summed E-state index contributed by atoms with van der Waals surface area (Å²) in [5.41, 5.74) is 1.60. The highest BCUT2D eigenvalue weighted by atomic mass is 35.5. The Balaban J connectivity index is 1.58. The molecule has 0 fully saturated rings. The van der Waals surface area contributed by atoms with Gasteiger partial charge in [-0.15, -0.1) is 20.4 Å². The normalized spacial score (nSPS) is 10.9. The summed E-state index contributed by atoms with van der Waals surface area (Å²) in [7, 11) is 0. The Kier molecular flexibility index (Phi) is 6.36. The molecule has 0 saturated carbocycles. The van der Waals surface area contributed by atoms with E-state index in [1.165, 1.54) is 23.1 Å². The highest BCUT2D eigenvalue weighted by molar-refractivity contribution is 7.99. The average molecular weight is 458 g/mol. The van der Waals surface area contributed by atoms with Crippen molar-refractivity contribution in [1.82, 2.24) is 29.9 Å². The van der Waals surface area contributed by atoms with E-state index in [0.29, 0.717) is 21.1 Å². The van der Waals surface area contributed by atoms with E-state index in [2.05, 4.69) is 30.7 Å². The summed E-state index contributed by atoms with van der Waals surface area (Å²) >= 11 is 8.84. The molecule has 3 heterocycles. The molecule has 4 aromatic rings. The number of aromatic nitrogens is 6. The van der Waals surface area contributed by atoms with Crippen LogP contribution in [0.3, 0.4) is 0 Å². The van der Waals surface area contributed by atoms with Gasteiger partial charge in [-0.25, -0.2) is 0 Å². The van der Waals surface area contributed by atoms with Crippen molar-refractivity contribution in [3.8, 4) is 17.1 Å². The third-order valence-electron chi connectivity index (χ3n) is 3.97. The molecule has 152 valence electrons. The van der Waals surface area contributed by atoms with Crippen molar-refractivity contribution in [2.75, 3.05) is 11.1 Å². The van der Waals surface area contributed by atoms with Crippen molar-refractivity contribution < 1.29 is 4.79 Å². The number of hydrogen-bond acceptors (Lipinski definition) is 8. The predicted molar refractivity (Wildman–Crippen MR) is 118 cm³/mol. The summed E-state index contributed by atoms with van der Waals surface area (Å²) in [5.74, 6) is 0.569. The van der Waals surface area contributed by atoms with Crippen molar-refractivity contribution in [2.45, 2.75) is 18.5 Å². The lowest BCUT2D eigenvalue weighted by Gasteiger charge is -2.10. The number of benzene rings is 1. The largest absolute Gasteiger partial charge is 0.300 e. The number of halogens is 1. The standard InChI is InChI=1S/C19H16ClN7OS2/c1-2-16-23-25-18(30-16)22-15(28)11-29-19-26-24-17(12-5-4-8-21-10-12)27(19)14-7-3-6-13(20)9-14/h3-10H,2,11H2,1H3,(H,22,25,28). The minimum atomic E-state index is -0.192. The van der Waals surface area contributed by atoms with Crippen LogP contribution in [0.4, 0.5) is 5.13 Å². The summed E-state index contributed by atoms with van der Waals surface area (Å²) in [6.45, 7) is 1.99. The lowest BCUT2D eigenvalue weighted by Crippen LogP contribution is -2.14. The third-order valence-corrected chi connectivity index (χ3v) is 6.11. The molecule has 0 atom stereocenters. The van der Waals surface area contributed by atoms with E-state index in [1.54, 1.807) is 18.5 Å². The highest BCUT2D eigenvalue weighted by Crippen LogP contribution is 2.29. The van der Waals surface area contributed by atoms with Crippen LogP contribution in [0.2, 0.25) is 5.02 Å². The molecule has 11 heteroatoms. The van der Waals surface area contributed by atoms with Gasteiger partial charge in [-0.1, -0.05) is 47.7 Å². The Hall–Kier alpha value is -2.82. The van der Waals surface area contributed by atoms with Crippen molar-refractivity contribution in [3.63, 3.8) is 0 Å². The van der Waals surface area contributed by atoms with E-state index in [1.807, 2.05) is 41.8 Å². The van der Waals surface area contributed by atoms with Crippen LogP contribution in [-0.2, 0) is 11.2 Å². The van der Waals surface area contributed by atoms with Gasteiger partial charge in [0.1, 0.15) is 5.01 Å². The van der Waals surface area contributed by atoms with Crippen LogP contribution in [0.1, 0.15) is 11.9 Å². The number of rotatable bonds is 7. The second kappa shape index (κ2) is 9.33. The van der Waals surface area contributed by atoms with Gasteiger partial charge in [-0.3, -0.25) is 19.7 Å². The Morgan fingerprint density at radius 2 is 2.10 bits per heavy atom. The molecule has 1 aromatic carbocycles. The summed E-state index contributed by atoms with van der Waals surface area (Å²) in [6.07, 6.45) is 4.19. The van der Waals surface area contributed by atoms with Crippen molar-refractivity contribution in [3.05, 3.63) is 58.8 Å². The topological polar surface area (TPSA) is 98.5 Å². The van der Waals surface area contributed by atoms with Crippen LogP contribution in [0.25, 0.3) is 17.1 Å². The summed E-state index contributed by atoms with van der Waals surface area (Å²) in [4.78, 5) is 16.5. The second-order valence-corrected chi connectivity index (χ2v) is 8.50. The van der Waals surface area contributed by atoms with Gasteiger partial charge >= 0.3 is 0 Å². The van der Waals surface area contributed by atoms with E-state index in [4.69, 9.17) is 11.6 Å². The fraction of sp³-hybridized carbons (Fsp3) is 0.158. The second-order valence-electron chi connectivity index (χ2n) is 6.05. The lowest BCUT2D eigenvalue weighted by atomic mass is 10.2. The zero-order chi connectivity index (χ0) is 20.9. The van der Waals surface area contributed by atoms with E-state index in [9.17, 15) is 4.79 Å². The minimum absolute atomic E-state index is 0.146. The van der Waals surface area contributed by atoms with Gasteiger partial charge in [0.15, 0.2) is 11.0 Å². The zero-order valence-corrected chi connectivity index (χ0v) is 18.2. The van der Waals surface area contributed by atoms with Gasteiger partial charge in [0.2, 0.25) is 11.0 Å². The van der Waals surface area contributed by atoms with Gasteiger partial charge in [0.25, 0.3) is 0 Å². The maximum Gasteiger partial charge on any atom is 0.236 e. The van der Waals surface area contributed by atoms with Gasteiger partial charge in [0.05, 0.1) is 11.4 Å². The first-order valence-electron chi connectivity index (χ1n) is 9.01. The lowest BCUT2D eigenvalue weighted by molar-refractivity contribution is -0.113. The molecule has 0 radical (unpaired) electrons. The molecule has 0 aliphatic carbocycles. The SMILES string of the molecule is CCc1nnc(NC(=O)CSc2nnc(-c3cccnc3)n2-c2cccc(Cl)c2)s1. The van der Waals surface area contributed by atoms with Crippen LogP contribution in [0, 0.1) is 0 Å². The Labute approximate surface area is 185 Å². The molecule has 0 unspecified atom stereocenters. The van der Waals surface area contributed by atoms with Gasteiger partial charge in [-0.2, -0.15) is 0 Å². The monoisotopic (exact) mass is 457 g/mol. The molecular formula is C19H16ClN7OS2. The maximum atomic E-state index is 12.4. The number of pyridine rings is 1. The first-order valence-corrected chi connectivity index (χ1v) is 11.2. The molecule has 1 amide bonds. The Bertz CT molecular complexity index is 1160. The van der Waals surface area contributed by atoms with E-state index >= 15 is 0 Å². The van der Waals surface area contributed by atoms with Crippen LogP contribution < -0.4 is 5.32 Å². The average Bonchev–Trinajstić information content (AvgIpc) is 3.39. The molecule has 0 saturated heterocycles. The van der Waals surface area contributed by atoms with Crippen molar-refractivity contribution >= 4 is 45.7 Å². The number of thioether (sulfide) groups is 1. The van der Waals surface area contributed by atoms with E-state index in [-0.39, 0.29) is 11.7 Å². The van der Waals surface area contributed by atoms with Gasteiger partial charge in [0, 0.05) is 23.0 Å². The fourth-order valence-electron chi connectivity index (χ4n) is 2.63. The smallest absolute Gasteiger partial charge is 0.236 e. The highest BCUT2D eigenvalue weighted by Gasteiger charge is 2.18. The molecule has 4 rings (SSSR count). The third kappa shape index (κ3) is 4.66. The molecule has 8 nitrogen and oxygen atoms in total. The number of nitrogens with one attached hydrogen (secondary N) is 1. The van der Waals surface area contributed by atoms with Crippen LogP contribution in [-0.4, -0.2) is 41.6 Å². The Morgan fingerprint density at radius 3 is 2.83 bits per heavy atom. The van der Waals surface area contributed by atoms with Crippen LogP contribution in [0.5, 0.6) is 0 Å². The van der Waals surface area contributed by atoms with E-state index < -0.39 is 0 Å². The van der Waals surface area contributed by atoms with Crippen molar-refractivity contribution in [2.24, 2.45) is 0 Å². The number of amides is 1. The number of carbonyl (C=O) groups is 1. The molecule has 0 aliphatic rings. The van der Waals surface area contributed by atoms with Crippen LogP contribution in [0.15, 0.2) is 53.9 Å². The van der Waals surface area contributed by atoms with Gasteiger partial charge in [-0.05, 0) is 36.8 Å². The molecule has 3 aromatic heterocycles. The number of nitrogens with zero attached hydrogens (tertiary/aromatic N) is 6. The number of hydrogen-bond donors (Lipinski definition) is 1. The minimum Gasteiger partial charge on any atom is -0.300 e. The molecular weight excluding hydrogens is 442 g/mol. The first-order chi connectivity index (χ1) is 14.6. The van der Waals surface area contributed by atoms with Crippen LogP contribution >= 0.6 is 34.7 Å². The fourth-order valence-corrected chi connectivity index (χ4v) is 4.26. The predicted octanol–water partition coefficient (Wildman–Crippen LogP) is 4.13. The maximum absolute atomic E-state index is 12.4. The summed E-state index contributed by atoms with van der Waals surface area (Å²) < 4.78 is 1.86. The quantitative estimate of drug-likeness (QED) is 0.416. The van der Waals surface area contributed by atoms with E-state index in [0.717, 1.165) is 22.7 Å². The number of aryl methyl sites for hydroxylation is 1. The molecule has 0 bridgehead atoms. The molecule has 0 spiro atoms. The molecule has 0 aliphatic heterocycles. The summed E-state index contributed by atoms with van der Waals surface area (Å²) in [6, 6.07) is 11.1. The molecule has 1 N–H and O–H groups in total. The number of anilines is 1. The molecule has 30 heavy (non-hydrogen) atoms.